The third-order valence-electron chi connectivity index (χ3n) is 3.64. The van der Waals surface area contributed by atoms with E-state index in [1.54, 1.807) is 18.2 Å². The highest BCUT2D eigenvalue weighted by Gasteiger charge is 2.15. The first-order chi connectivity index (χ1) is 10.1. The highest BCUT2D eigenvalue weighted by molar-refractivity contribution is 5.91. The van der Waals surface area contributed by atoms with Crippen LogP contribution < -0.4 is 10.5 Å². The molecule has 1 fully saturated rings. The lowest BCUT2D eigenvalue weighted by Crippen LogP contribution is -2.45. The second-order valence-corrected chi connectivity index (χ2v) is 5.28. The minimum absolute atomic E-state index is 0.366. The number of esters is 1. The van der Waals surface area contributed by atoms with E-state index < -0.39 is 0 Å². The number of carbonyl (C=O) groups excluding carboxylic acids is 1. The summed E-state index contributed by atoms with van der Waals surface area (Å²) in [6, 6.07) is 4.90. The molecule has 0 radical (unpaired) electrons. The van der Waals surface area contributed by atoms with Crippen molar-refractivity contribution in [2.24, 2.45) is 0 Å². The lowest BCUT2D eigenvalue weighted by atomic mass is 10.2. The van der Waals surface area contributed by atoms with Crippen LogP contribution in [0.25, 0.3) is 0 Å². The summed E-state index contributed by atoms with van der Waals surface area (Å²) in [5.41, 5.74) is 6.64. The molecular weight excluding hydrogens is 270 g/mol. The van der Waals surface area contributed by atoms with Crippen molar-refractivity contribution in [3.63, 3.8) is 0 Å². The Bertz CT molecular complexity index is 485. The Kier molecular flexibility index (Phi) is 5.41. The van der Waals surface area contributed by atoms with Crippen LogP contribution in [0.15, 0.2) is 18.2 Å². The number of methoxy groups -OCH3 is 1. The van der Waals surface area contributed by atoms with Gasteiger partial charge in [-0.1, -0.05) is 0 Å². The zero-order valence-electron chi connectivity index (χ0n) is 12.7. The average Bonchev–Trinajstić information content (AvgIpc) is 2.48. The van der Waals surface area contributed by atoms with Crippen molar-refractivity contribution in [1.29, 1.82) is 0 Å². The van der Waals surface area contributed by atoms with Gasteiger partial charge in [0.2, 0.25) is 0 Å². The van der Waals surface area contributed by atoms with Crippen molar-refractivity contribution in [3.05, 3.63) is 23.8 Å². The monoisotopic (exact) mass is 293 g/mol. The average molecular weight is 293 g/mol. The number of rotatable bonds is 5. The van der Waals surface area contributed by atoms with Crippen LogP contribution in [0, 0.1) is 0 Å². The molecule has 1 aromatic rings. The summed E-state index contributed by atoms with van der Waals surface area (Å²) in [5.74, 6) is 0.191. The van der Waals surface area contributed by atoms with Crippen molar-refractivity contribution >= 4 is 11.7 Å². The molecule has 1 aromatic carbocycles. The van der Waals surface area contributed by atoms with Crippen molar-refractivity contribution in [2.75, 3.05) is 59.2 Å². The SMILES string of the molecule is COc1cc(N)cc(C(=O)OCCN2CCN(C)CC2)c1. The van der Waals surface area contributed by atoms with Crippen LogP contribution in [0.1, 0.15) is 10.4 Å². The molecule has 0 aromatic heterocycles. The summed E-state index contributed by atoms with van der Waals surface area (Å²) in [5, 5.41) is 0. The minimum atomic E-state index is -0.366. The summed E-state index contributed by atoms with van der Waals surface area (Å²) < 4.78 is 10.4. The molecule has 1 aliphatic heterocycles. The van der Waals surface area contributed by atoms with Crippen molar-refractivity contribution < 1.29 is 14.3 Å². The molecule has 2 rings (SSSR count). The summed E-state index contributed by atoms with van der Waals surface area (Å²) in [6.45, 7) is 5.29. The number of piperazine rings is 1. The van der Waals surface area contributed by atoms with Gasteiger partial charge in [0.05, 0.1) is 12.7 Å². The first-order valence-corrected chi connectivity index (χ1v) is 7.11. The maximum absolute atomic E-state index is 12.0. The van der Waals surface area contributed by atoms with E-state index in [1.807, 2.05) is 0 Å². The van der Waals surface area contributed by atoms with E-state index in [-0.39, 0.29) is 5.97 Å². The van der Waals surface area contributed by atoms with E-state index in [9.17, 15) is 4.79 Å². The molecule has 2 N–H and O–H groups in total. The van der Waals surface area contributed by atoms with Crippen LogP contribution >= 0.6 is 0 Å². The topological polar surface area (TPSA) is 68.0 Å². The van der Waals surface area contributed by atoms with Crippen LogP contribution in [-0.4, -0.2) is 69.3 Å². The molecule has 0 saturated carbocycles. The first kappa shape index (κ1) is 15.6. The number of benzene rings is 1. The smallest absolute Gasteiger partial charge is 0.338 e. The molecule has 116 valence electrons. The van der Waals surface area contributed by atoms with Crippen LogP contribution in [0.5, 0.6) is 5.75 Å². The Labute approximate surface area is 125 Å². The molecule has 0 atom stereocenters. The van der Waals surface area contributed by atoms with Gasteiger partial charge in [-0.3, -0.25) is 4.90 Å². The highest BCUT2D eigenvalue weighted by Crippen LogP contribution is 2.19. The molecule has 0 amide bonds. The predicted octanol–water partition coefficient (Wildman–Crippen LogP) is 0.682. The molecule has 1 heterocycles. The second-order valence-electron chi connectivity index (χ2n) is 5.28. The fraction of sp³-hybridized carbons (Fsp3) is 0.533. The largest absolute Gasteiger partial charge is 0.497 e. The summed E-state index contributed by atoms with van der Waals surface area (Å²) >= 11 is 0. The number of nitrogens with two attached hydrogens (primary N) is 1. The van der Waals surface area contributed by atoms with Crippen molar-refractivity contribution in [2.45, 2.75) is 0 Å². The number of nitrogens with zero attached hydrogens (tertiary/aromatic N) is 2. The summed E-state index contributed by atoms with van der Waals surface area (Å²) in [7, 11) is 3.65. The lowest BCUT2D eigenvalue weighted by Gasteiger charge is -2.32. The van der Waals surface area contributed by atoms with Gasteiger partial charge in [0.15, 0.2) is 0 Å². The van der Waals surface area contributed by atoms with Gasteiger partial charge in [0, 0.05) is 44.5 Å². The lowest BCUT2D eigenvalue weighted by molar-refractivity contribution is 0.0432. The molecule has 6 heteroatoms. The van der Waals surface area contributed by atoms with Crippen LogP contribution in [0.4, 0.5) is 5.69 Å². The van der Waals surface area contributed by atoms with Crippen LogP contribution in [-0.2, 0) is 4.74 Å². The number of likely N-dealkylation sites (N-methyl/N-ethyl adjacent to an activating group) is 1. The maximum atomic E-state index is 12.0. The number of nitrogen functional groups attached to an aromatic ring is 1. The Morgan fingerprint density at radius 3 is 2.62 bits per heavy atom. The van der Waals surface area contributed by atoms with Gasteiger partial charge in [0.1, 0.15) is 12.4 Å². The van der Waals surface area contributed by atoms with Gasteiger partial charge in [0.25, 0.3) is 0 Å². The normalized spacial score (nSPS) is 16.7. The molecule has 0 aliphatic carbocycles. The molecule has 21 heavy (non-hydrogen) atoms. The number of carbonyl (C=O) groups is 1. The number of ether oxygens (including phenoxy) is 2. The van der Waals surface area contributed by atoms with Gasteiger partial charge in [-0.25, -0.2) is 4.79 Å². The molecule has 0 spiro atoms. The fourth-order valence-corrected chi connectivity index (χ4v) is 2.28. The van der Waals surface area contributed by atoms with E-state index in [0.29, 0.717) is 23.6 Å². The van der Waals surface area contributed by atoms with E-state index in [0.717, 1.165) is 32.7 Å². The molecular formula is C15H23N3O3. The van der Waals surface area contributed by atoms with E-state index in [1.165, 1.54) is 7.11 Å². The standard InChI is InChI=1S/C15H23N3O3/c1-17-3-5-18(6-4-17)7-8-21-15(19)12-9-13(16)11-14(10-12)20-2/h9-11H,3-8,16H2,1-2H3. The number of anilines is 1. The third-order valence-corrected chi connectivity index (χ3v) is 3.64. The van der Waals surface area contributed by atoms with Crippen molar-refractivity contribution in [1.82, 2.24) is 9.80 Å². The maximum Gasteiger partial charge on any atom is 0.338 e. The minimum Gasteiger partial charge on any atom is -0.497 e. The van der Waals surface area contributed by atoms with Gasteiger partial charge in [-0.15, -0.1) is 0 Å². The number of hydrogen-bond donors (Lipinski definition) is 1. The fourth-order valence-electron chi connectivity index (χ4n) is 2.28. The quantitative estimate of drug-likeness (QED) is 0.636. The Balaban J connectivity index is 1.80. The molecule has 0 unspecified atom stereocenters. The third kappa shape index (κ3) is 4.61. The Morgan fingerprint density at radius 1 is 1.24 bits per heavy atom. The number of hydrogen-bond acceptors (Lipinski definition) is 6. The van der Waals surface area contributed by atoms with Gasteiger partial charge in [-0.05, 0) is 19.2 Å². The highest BCUT2D eigenvalue weighted by atomic mass is 16.5. The molecule has 1 saturated heterocycles. The Morgan fingerprint density at radius 2 is 1.95 bits per heavy atom. The van der Waals surface area contributed by atoms with Crippen molar-refractivity contribution in [3.8, 4) is 5.75 Å². The van der Waals surface area contributed by atoms with E-state index >= 15 is 0 Å². The van der Waals surface area contributed by atoms with Gasteiger partial charge >= 0.3 is 5.97 Å². The first-order valence-electron chi connectivity index (χ1n) is 7.11. The zero-order chi connectivity index (χ0) is 15.2. The predicted molar refractivity (Wildman–Crippen MR) is 81.6 cm³/mol. The Hall–Kier alpha value is -1.79. The van der Waals surface area contributed by atoms with E-state index in [4.69, 9.17) is 15.2 Å². The summed E-state index contributed by atoms with van der Waals surface area (Å²) in [6.07, 6.45) is 0. The van der Waals surface area contributed by atoms with Gasteiger partial charge in [-0.2, -0.15) is 0 Å². The van der Waals surface area contributed by atoms with Crippen LogP contribution in [0.3, 0.4) is 0 Å². The molecule has 0 bridgehead atoms. The molecule has 6 nitrogen and oxygen atoms in total. The molecule has 1 aliphatic rings. The summed E-state index contributed by atoms with van der Waals surface area (Å²) in [4.78, 5) is 16.6. The van der Waals surface area contributed by atoms with Crippen LogP contribution in [0.2, 0.25) is 0 Å². The second kappa shape index (κ2) is 7.28. The van der Waals surface area contributed by atoms with E-state index in [2.05, 4.69) is 16.8 Å². The zero-order valence-corrected chi connectivity index (χ0v) is 12.7. The van der Waals surface area contributed by atoms with Gasteiger partial charge < -0.3 is 20.1 Å².